The predicted octanol–water partition coefficient (Wildman–Crippen LogP) is 3.33. The smallest absolute Gasteiger partial charge is 0.255 e. The van der Waals surface area contributed by atoms with Crippen LogP contribution in [0.2, 0.25) is 0 Å². The number of carbonyl (C=O) groups is 1. The average molecular weight is 509 g/mol. The first kappa shape index (κ1) is 25.1. The first-order valence-corrected chi connectivity index (χ1v) is 13.0. The van der Waals surface area contributed by atoms with Crippen LogP contribution < -0.4 is 14.9 Å². The molecule has 36 heavy (non-hydrogen) atoms. The summed E-state index contributed by atoms with van der Waals surface area (Å²) in [6.07, 6.45) is 4.78. The molecule has 11 heteroatoms. The number of aliphatic hydroxyl groups is 1. The second-order valence-corrected chi connectivity index (χ2v) is 11.0. The Kier molecular flexibility index (Phi) is 6.70. The van der Waals surface area contributed by atoms with Gasteiger partial charge in [0.2, 0.25) is 16.0 Å². The molecule has 0 fully saturated rings. The van der Waals surface area contributed by atoms with E-state index in [1.54, 1.807) is 42.6 Å². The van der Waals surface area contributed by atoms with Gasteiger partial charge in [-0.25, -0.2) is 13.4 Å². The molecule has 0 unspecified atom stereocenters. The third kappa shape index (κ3) is 5.64. The number of carbonyl (C=O) groups excluding carboxylic acids is 1. The zero-order chi connectivity index (χ0) is 26.1. The molecule has 0 atom stereocenters. The van der Waals surface area contributed by atoms with E-state index in [9.17, 15) is 18.3 Å². The summed E-state index contributed by atoms with van der Waals surface area (Å²) in [4.78, 5) is 21.0. The van der Waals surface area contributed by atoms with E-state index in [1.807, 2.05) is 29.0 Å². The minimum absolute atomic E-state index is 0.386. The van der Waals surface area contributed by atoms with Crippen molar-refractivity contribution in [2.24, 2.45) is 0 Å². The molecule has 2 aromatic heterocycles. The molecule has 10 nitrogen and oxygen atoms in total. The number of amides is 1. The van der Waals surface area contributed by atoms with Crippen LogP contribution in [0.1, 0.15) is 19.4 Å². The molecular formula is C25H28N6O4S. The molecule has 0 saturated heterocycles. The highest BCUT2D eigenvalue weighted by Crippen LogP contribution is 2.25. The Morgan fingerprint density at radius 2 is 1.75 bits per heavy atom. The van der Waals surface area contributed by atoms with Crippen LogP contribution in [0, 0.1) is 0 Å². The van der Waals surface area contributed by atoms with E-state index in [0.29, 0.717) is 35.2 Å². The predicted molar refractivity (Wildman–Crippen MR) is 141 cm³/mol. The summed E-state index contributed by atoms with van der Waals surface area (Å²) >= 11 is 0. The summed E-state index contributed by atoms with van der Waals surface area (Å²) in [6, 6.07) is 16.2. The summed E-state index contributed by atoms with van der Waals surface area (Å²) in [5, 5.41) is 16.4. The lowest BCUT2D eigenvalue weighted by Crippen LogP contribution is -2.36. The molecule has 0 bridgehead atoms. The van der Waals surface area contributed by atoms with Crippen LogP contribution in [-0.2, 0) is 21.4 Å². The van der Waals surface area contributed by atoms with Gasteiger partial charge in [-0.2, -0.15) is 4.98 Å². The molecule has 3 N–H and O–H groups in total. The minimum Gasteiger partial charge on any atom is -0.381 e. The fourth-order valence-electron chi connectivity index (χ4n) is 3.52. The second kappa shape index (κ2) is 9.59. The van der Waals surface area contributed by atoms with E-state index in [-0.39, 0.29) is 0 Å². The van der Waals surface area contributed by atoms with Gasteiger partial charge in [-0.3, -0.25) is 9.10 Å². The van der Waals surface area contributed by atoms with Gasteiger partial charge in [0.1, 0.15) is 11.2 Å². The van der Waals surface area contributed by atoms with Gasteiger partial charge >= 0.3 is 0 Å². The van der Waals surface area contributed by atoms with Crippen molar-refractivity contribution in [3.63, 3.8) is 0 Å². The number of nitrogens with one attached hydrogen (secondary N) is 2. The summed E-state index contributed by atoms with van der Waals surface area (Å²) in [5.41, 5.74) is 1.92. The van der Waals surface area contributed by atoms with Crippen LogP contribution in [0.15, 0.2) is 67.0 Å². The monoisotopic (exact) mass is 508 g/mol. The van der Waals surface area contributed by atoms with Gasteiger partial charge in [0.15, 0.2) is 0 Å². The number of rotatable bonds is 8. The Labute approximate surface area is 209 Å². The van der Waals surface area contributed by atoms with Gasteiger partial charge in [0, 0.05) is 36.2 Å². The van der Waals surface area contributed by atoms with Crippen molar-refractivity contribution in [3.05, 3.63) is 72.6 Å². The van der Waals surface area contributed by atoms with Crippen LogP contribution in [0.25, 0.3) is 11.0 Å². The molecule has 0 saturated carbocycles. The van der Waals surface area contributed by atoms with Crippen molar-refractivity contribution in [1.82, 2.24) is 14.5 Å². The standard InChI is InChI=1S/C25H28N6O4S/c1-25(2,33)23(32)27-19-9-11-20(12-10-19)28-24-26-15-17-13-14-31(22(17)29-24)16-18-7-5-6-8-21(18)30(3)36(4,34)35/h5-15,33H,16H2,1-4H3,(H,27,32)(H,26,28,29). The summed E-state index contributed by atoms with van der Waals surface area (Å²) in [7, 11) is -1.87. The molecule has 0 aliphatic carbocycles. The van der Waals surface area contributed by atoms with Crippen molar-refractivity contribution >= 4 is 50.0 Å². The highest BCUT2D eigenvalue weighted by atomic mass is 32.2. The number of aromatic nitrogens is 3. The molecule has 2 heterocycles. The van der Waals surface area contributed by atoms with Crippen LogP contribution in [0.5, 0.6) is 0 Å². The molecule has 188 valence electrons. The topological polar surface area (TPSA) is 129 Å². The quantitative estimate of drug-likeness (QED) is 0.333. The van der Waals surface area contributed by atoms with Gasteiger partial charge in [-0.15, -0.1) is 0 Å². The van der Waals surface area contributed by atoms with E-state index in [4.69, 9.17) is 0 Å². The normalized spacial score (nSPS) is 11.9. The van der Waals surface area contributed by atoms with Crippen LogP contribution in [-0.4, -0.2) is 52.9 Å². The zero-order valence-corrected chi connectivity index (χ0v) is 21.2. The van der Waals surface area contributed by atoms with E-state index < -0.39 is 21.5 Å². The number of benzene rings is 2. The molecule has 4 rings (SSSR count). The van der Waals surface area contributed by atoms with Crippen molar-refractivity contribution in [1.29, 1.82) is 0 Å². The molecule has 2 aromatic carbocycles. The van der Waals surface area contributed by atoms with Gasteiger partial charge in [0.05, 0.1) is 18.5 Å². The number of hydrogen-bond acceptors (Lipinski definition) is 7. The molecule has 0 aliphatic rings. The SMILES string of the molecule is CN(c1ccccc1Cn1ccc2cnc(Nc3ccc(NC(=O)C(C)(C)O)cc3)nc21)S(C)(=O)=O. The number of para-hydroxylation sites is 1. The van der Waals surface area contributed by atoms with E-state index >= 15 is 0 Å². The summed E-state index contributed by atoms with van der Waals surface area (Å²) < 4.78 is 27.4. The third-order valence-electron chi connectivity index (χ3n) is 5.63. The van der Waals surface area contributed by atoms with Crippen molar-refractivity contribution in [2.45, 2.75) is 26.0 Å². The minimum atomic E-state index is -3.41. The van der Waals surface area contributed by atoms with E-state index in [1.165, 1.54) is 31.5 Å². The van der Waals surface area contributed by atoms with Crippen LogP contribution in [0.3, 0.4) is 0 Å². The van der Waals surface area contributed by atoms with E-state index in [2.05, 4.69) is 20.6 Å². The van der Waals surface area contributed by atoms with Crippen molar-refractivity contribution < 1.29 is 18.3 Å². The van der Waals surface area contributed by atoms with E-state index in [0.717, 1.165) is 10.9 Å². The Morgan fingerprint density at radius 3 is 2.42 bits per heavy atom. The molecule has 1 amide bonds. The maximum atomic E-state index is 12.1. The molecule has 0 aliphatic heterocycles. The molecule has 0 radical (unpaired) electrons. The number of anilines is 4. The lowest BCUT2D eigenvalue weighted by molar-refractivity contribution is -0.130. The Morgan fingerprint density at radius 1 is 1.08 bits per heavy atom. The Bertz CT molecular complexity index is 1510. The highest BCUT2D eigenvalue weighted by molar-refractivity contribution is 7.92. The maximum Gasteiger partial charge on any atom is 0.255 e. The summed E-state index contributed by atoms with van der Waals surface area (Å²) in [6.45, 7) is 3.26. The fourth-order valence-corrected chi connectivity index (χ4v) is 4.06. The van der Waals surface area contributed by atoms with Gasteiger partial charge in [0.25, 0.3) is 5.91 Å². The van der Waals surface area contributed by atoms with Gasteiger partial charge in [-0.1, -0.05) is 18.2 Å². The van der Waals surface area contributed by atoms with Crippen LogP contribution in [0.4, 0.5) is 23.0 Å². The highest BCUT2D eigenvalue weighted by Gasteiger charge is 2.23. The first-order valence-electron chi connectivity index (χ1n) is 11.2. The number of nitrogens with zero attached hydrogens (tertiary/aromatic N) is 4. The number of sulfonamides is 1. The Balaban J connectivity index is 1.55. The first-order chi connectivity index (χ1) is 16.9. The lowest BCUT2D eigenvalue weighted by Gasteiger charge is -2.20. The molecule has 4 aromatic rings. The van der Waals surface area contributed by atoms with Crippen molar-refractivity contribution in [3.8, 4) is 0 Å². The summed E-state index contributed by atoms with van der Waals surface area (Å²) in [5.74, 6) is -0.112. The van der Waals surface area contributed by atoms with Gasteiger partial charge < -0.3 is 20.3 Å². The average Bonchev–Trinajstić information content (AvgIpc) is 3.21. The molecule has 0 spiro atoms. The second-order valence-electron chi connectivity index (χ2n) is 8.99. The number of fused-ring (bicyclic) bond motifs is 1. The van der Waals surface area contributed by atoms with Gasteiger partial charge in [-0.05, 0) is 55.8 Å². The third-order valence-corrected chi connectivity index (χ3v) is 6.82. The largest absolute Gasteiger partial charge is 0.381 e. The lowest BCUT2D eigenvalue weighted by atomic mass is 10.1. The zero-order valence-electron chi connectivity index (χ0n) is 20.4. The number of hydrogen-bond donors (Lipinski definition) is 3. The Hall–Kier alpha value is -3.96. The molecular weight excluding hydrogens is 480 g/mol. The van der Waals surface area contributed by atoms with Crippen molar-refractivity contribution in [2.75, 3.05) is 28.2 Å². The van der Waals surface area contributed by atoms with Crippen LogP contribution >= 0.6 is 0 Å². The fraction of sp³-hybridized carbons (Fsp3) is 0.240. The maximum absolute atomic E-state index is 12.1.